The third kappa shape index (κ3) is 3.65. The highest BCUT2D eigenvalue weighted by Crippen LogP contribution is 2.36. The van der Waals surface area contributed by atoms with Crippen LogP contribution in [-0.2, 0) is 0 Å². The Balaban J connectivity index is 3.25. The van der Waals surface area contributed by atoms with Gasteiger partial charge in [0.05, 0.1) is 19.8 Å². The molecule has 0 amide bonds. The van der Waals surface area contributed by atoms with Crippen molar-refractivity contribution < 1.29 is 14.6 Å². The summed E-state index contributed by atoms with van der Waals surface area (Å²) >= 11 is 3.39. The molecule has 1 aromatic rings. The Labute approximate surface area is 110 Å². The topological polar surface area (TPSA) is 38.7 Å². The minimum Gasteiger partial charge on any atom is -0.495 e. The number of halogens is 1. The zero-order valence-electron chi connectivity index (χ0n) is 10.3. The van der Waals surface area contributed by atoms with Crippen LogP contribution in [0.15, 0.2) is 16.6 Å². The largest absolute Gasteiger partial charge is 0.495 e. The van der Waals surface area contributed by atoms with Crippen LogP contribution in [-0.4, -0.2) is 24.9 Å². The van der Waals surface area contributed by atoms with E-state index >= 15 is 0 Å². The van der Waals surface area contributed by atoms with Crippen molar-refractivity contribution in [1.29, 1.82) is 0 Å². The SMILES string of the molecule is COc1ccc(C#CC(C)(C)O)c(OC)c1Br. The second kappa shape index (κ2) is 5.44. The summed E-state index contributed by atoms with van der Waals surface area (Å²) in [6, 6.07) is 3.59. The van der Waals surface area contributed by atoms with Gasteiger partial charge in [-0.15, -0.1) is 0 Å². The summed E-state index contributed by atoms with van der Waals surface area (Å²) in [6.07, 6.45) is 0. The summed E-state index contributed by atoms with van der Waals surface area (Å²) in [4.78, 5) is 0. The summed E-state index contributed by atoms with van der Waals surface area (Å²) < 4.78 is 11.1. The Hall–Kier alpha value is -1.18. The van der Waals surface area contributed by atoms with E-state index in [0.717, 1.165) is 0 Å². The van der Waals surface area contributed by atoms with Crippen LogP contribution in [0.3, 0.4) is 0 Å². The second-order valence-corrected chi connectivity index (χ2v) is 4.76. The van der Waals surface area contributed by atoms with Crippen molar-refractivity contribution in [2.24, 2.45) is 0 Å². The van der Waals surface area contributed by atoms with Gasteiger partial charge in [0.2, 0.25) is 0 Å². The molecule has 0 bridgehead atoms. The number of hydrogen-bond donors (Lipinski definition) is 1. The highest BCUT2D eigenvalue weighted by atomic mass is 79.9. The van der Waals surface area contributed by atoms with Gasteiger partial charge in [0, 0.05) is 0 Å². The van der Waals surface area contributed by atoms with E-state index in [2.05, 4.69) is 27.8 Å². The lowest BCUT2D eigenvalue weighted by atomic mass is 10.1. The second-order valence-electron chi connectivity index (χ2n) is 3.97. The molecule has 0 fully saturated rings. The number of rotatable bonds is 2. The van der Waals surface area contributed by atoms with Gasteiger partial charge in [0.15, 0.2) is 5.75 Å². The van der Waals surface area contributed by atoms with Crippen molar-refractivity contribution in [2.45, 2.75) is 19.4 Å². The number of aliphatic hydroxyl groups is 1. The van der Waals surface area contributed by atoms with Gasteiger partial charge in [-0.1, -0.05) is 11.8 Å². The molecule has 0 aromatic heterocycles. The summed E-state index contributed by atoms with van der Waals surface area (Å²) in [6.45, 7) is 3.26. The number of hydrogen-bond acceptors (Lipinski definition) is 3. The van der Waals surface area contributed by atoms with Crippen molar-refractivity contribution in [1.82, 2.24) is 0 Å². The Morgan fingerprint density at radius 1 is 1.24 bits per heavy atom. The average Bonchev–Trinajstić information content (AvgIpc) is 2.25. The van der Waals surface area contributed by atoms with E-state index in [1.807, 2.05) is 0 Å². The summed E-state index contributed by atoms with van der Waals surface area (Å²) in [5.41, 5.74) is -0.334. The van der Waals surface area contributed by atoms with E-state index in [0.29, 0.717) is 21.5 Å². The Bertz CT molecular complexity index is 464. The molecule has 92 valence electrons. The van der Waals surface area contributed by atoms with Crippen LogP contribution < -0.4 is 9.47 Å². The fourth-order valence-corrected chi connectivity index (χ4v) is 1.88. The molecule has 0 spiro atoms. The molecule has 1 aromatic carbocycles. The van der Waals surface area contributed by atoms with Gasteiger partial charge in [-0.2, -0.15) is 0 Å². The number of ether oxygens (including phenoxy) is 2. The molecule has 3 nitrogen and oxygen atoms in total. The van der Waals surface area contributed by atoms with Crippen LogP contribution in [0, 0.1) is 11.8 Å². The molecule has 1 N–H and O–H groups in total. The molecule has 0 aliphatic heterocycles. The maximum absolute atomic E-state index is 9.56. The standard InChI is InChI=1S/C13H15BrO3/c1-13(2,15)8-7-9-5-6-10(16-3)11(14)12(9)17-4/h5-6,15H,1-4H3. The molecule has 0 radical (unpaired) electrons. The lowest BCUT2D eigenvalue weighted by Crippen LogP contribution is -2.14. The number of methoxy groups -OCH3 is 2. The molecule has 0 atom stereocenters. The normalized spacial score (nSPS) is 10.5. The first kappa shape index (κ1) is 13.9. The quantitative estimate of drug-likeness (QED) is 0.853. The molecule has 0 aliphatic rings. The van der Waals surface area contributed by atoms with Crippen LogP contribution in [0.4, 0.5) is 0 Å². The predicted molar refractivity (Wildman–Crippen MR) is 70.4 cm³/mol. The minimum atomic E-state index is -1.03. The maximum Gasteiger partial charge on any atom is 0.152 e. The lowest BCUT2D eigenvalue weighted by molar-refractivity contribution is 0.143. The molecule has 0 heterocycles. The molecular weight excluding hydrogens is 284 g/mol. The first-order valence-electron chi connectivity index (χ1n) is 5.05. The van der Waals surface area contributed by atoms with Crippen LogP contribution in [0.1, 0.15) is 19.4 Å². The van der Waals surface area contributed by atoms with Gasteiger partial charge in [0.1, 0.15) is 15.8 Å². The molecule has 1 rings (SSSR count). The van der Waals surface area contributed by atoms with Gasteiger partial charge >= 0.3 is 0 Å². The summed E-state index contributed by atoms with van der Waals surface area (Å²) in [5, 5.41) is 9.56. The van der Waals surface area contributed by atoms with Gasteiger partial charge in [-0.05, 0) is 41.9 Å². The van der Waals surface area contributed by atoms with Crippen molar-refractivity contribution in [3.63, 3.8) is 0 Å². The third-order valence-electron chi connectivity index (χ3n) is 1.99. The van der Waals surface area contributed by atoms with Crippen molar-refractivity contribution in [2.75, 3.05) is 14.2 Å². The summed E-state index contributed by atoms with van der Waals surface area (Å²) in [5.74, 6) is 6.90. The van der Waals surface area contributed by atoms with Gasteiger partial charge < -0.3 is 14.6 Å². The molecule has 0 unspecified atom stereocenters. The summed E-state index contributed by atoms with van der Waals surface area (Å²) in [7, 11) is 3.15. The highest BCUT2D eigenvalue weighted by Gasteiger charge is 2.12. The fourth-order valence-electron chi connectivity index (χ4n) is 1.21. The lowest BCUT2D eigenvalue weighted by Gasteiger charge is -2.11. The number of benzene rings is 1. The molecule has 0 saturated carbocycles. The first-order chi connectivity index (χ1) is 7.89. The predicted octanol–water partition coefficient (Wildman–Crippen LogP) is 2.59. The van der Waals surface area contributed by atoms with Gasteiger partial charge in [-0.3, -0.25) is 0 Å². The molecule has 0 saturated heterocycles. The molecular formula is C13H15BrO3. The van der Waals surface area contributed by atoms with E-state index in [-0.39, 0.29) is 0 Å². The van der Waals surface area contributed by atoms with Crippen LogP contribution in [0.2, 0.25) is 0 Å². The van der Waals surface area contributed by atoms with E-state index in [4.69, 9.17) is 9.47 Å². The Morgan fingerprint density at radius 3 is 2.35 bits per heavy atom. The van der Waals surface area contributed by atoms with Crippen molar-refractivity contribution in [3.05, 3.63) is 22.2 Å². The monoisotopic (exact) mass is 298 g/mol. The van der Waals surface area contributed by atoms with Crippen molar-refractivity contribution >= 4 is 15.9 Å². The van der Waals surface area contributed by atoms with Crippen LogP contribution >= 0.6 is 15.9 Å². The molecule has 4 heteroatoms. The smallest absolute Gasteiger partial charge is 0.152 e. The van der Waals surface area contributed by atoms with Gasteiger partial charge in [0.25, 0.3) is 0 Å². The van der Waals surface area contributed by atoms with Crippen LogP contribution in [0.25, 0.3) is 0 Å². The van der Waals surface area contributed by atoms with Crippen molar-refractivity contribution in [3.8, 4) is 23.3 Å². The maximum atomic E-state index is 9.56. The zero-order valence-corrected chi connectivity index (χ0v) is 11.9. The Kier molecular flexibility index (Phi) is 4.44. The fraction of sp³-hybridized carbons (Fsp3) is 0.385. The Morgan fingerprint density at radius 2 is 1.88 bits per heavy atom. The van der Waals surface area contributed by atoms with E-state index in [9.17, 15) is 5.11 Å². The zero-order chi connectivity index (χ0) is 13.1. The molecule has 0 aliphatic carbocycles. The third-order valence-corrected chi connectivity index (χ3v) is 2.74. The van der Waals surface area contributed by atoms with E-state index < -0.39 is 5.60 Å². The van der Waals surface area contributed by atoms with E-state index in [1.165, 1.54) is 0 Å². The highest BCUT2D eigenvalue weighted by molar-refractivity contribution is 9.10. The average molecular weight is 299 g/mol. The van der Waals surface area contributed by atoms with Crippen LogP contribution in [0.5, 0.6) is 11.5 Å². The van der Waals surface area contributed by atoms with Gasteiger partial charge in [-0.25, -0.2) is 0 Å². The minimum absolute atomic E-state index is 0.598. The first-order valence-corrected chi connectivity index (χ1v) is 5.84. The van der Waals surface area contributed by atoms with E-state index in [1.54, 1.807) is 40.2 Å². The molecule has 17 heavy (non-hydrogen) atoms.